The molecule has 0 bridgehead atoms. The molecule has 0 aliphatic carbocycles. The molecule has 1 amide bonds. The normalized spacial score (nSPS) is 20.3. The first-order valence-corrected chi connectivity index (χ1v) is 5.83. The van der Waals surface area contributed by atoms with Crippen LogP contribution in [0, 0.1) is 5.92 Å². The van der Waals surface area contributed by atoms with E-state index in [9.17, 15) is 4.79 Å². The minimum absolute atomic E-state index is 0.225. The predicted octanol–water partition coefficient (Wildman–Crippen LogP) is 1.62. The number of piperidine rings is 1. The van der Waals surface area contributed by atoms with E-state index in [0.29, 0.717) is 0 Å². The molecule has 0 aromatic rings. The smallest absolute Gasteiger partial charge is 0.219 e. The van der Waals surface area contributed by atoms with Crippen LogP contribution in [0.25, 0.3) is 0 Å². The summed E-state index contributed by atoms with van der Waals surface area (Å²) < 4.78 is 0. The molecule has 1 saturated heterocycles. The van der Waals surface area contributed by atoms with Crippen LogP contribution in [-0.4, -0.2) is 36.4 Å². The summed E-state index contributed by atoms with van der Waals surface area (Å²) in [5, 5.41) is 0. The molecule has 0 aromatic carbocycles. The van der Waals surface area contributed by atoms with Gasteiger partial charge in [-0.3, -0.25) is 4.79 Å². The number of hydrogen-bond donors (Lipinski definition) is 0. The van der Waals surface area contributed by atoms with Crippen LogP contribution in [0.5, 0.6) is 0 Å². The molecule has 0 radical (unpaired) electrons. The summed E-state index contributed by atoms with van der Waals surface area (Å²) in [5.41, 5.74) is 0. The van der Waals surface area contributed by atoms with Crippen LogP contribution in [0.15, 0.2) is 0 Å². The molecule has 68 valence electrons. The molecule has 0 spiro atoms. The second-order valence-electron chi connectivity index (χ2n) is 3.25. The van der Waals surface area contributed by atoms with Crippen molar-refractivity contribution in [3.05, 3.63) is 0 Å². The van der Waals surface area contributed by atoms with Crippen LogP contribution in [-0.2, 0) is 4.79 Å². The Hall–Kier alpha value is -0.360. The lowest BCUT2D eigenvalue weighted by molar-refractivity contribution is -0.129. The maximum Gasteiger partial charge on any atom is 0.219 e. The molecule has 0 aromatic heterocycles. The predicted molar refractivity (Wildman–Crippen MR) is 53.9 cm³/mol. The minimum atomic E-state index is 0.225. The second kappa shape index (κ2) is 4.61. The lowest BCUT2D eigenvalue weighted by Crippen LogP contribution is -2.37. The highest BCUT2D eigenvalue weighted by molar-refractivity contribution is 7.37. The summed E-state index contributed by atoms with van der Waals surface area (Å²) in [6, 6.07) is 0. The first-order valence-electron chi connectivity index (χ1n) is 4.42. The van der Waals surface area contributed by atoms with Gasteiger partial charge in [-0.05, 0) is 25.4 Å². The zero-order chi connectivity index (χ0) is 8.97. The highest BCUT2D eigenvalue weighted by Crippen LogP contribution is 2.16. The molecular weight excluding hydrogens is 169 g/mol. The first kappa shape index (κ1) is 9.73. The summed E-state index contributed by atoms with van der Waals surface area (Å²) in [4.78, 5) is 12.9. The van der Waals surface area contributed by atoms with Crippen molar-refractivity contribution in [3.63, 3.8) is 0 Å². The molecule has 1 aliphatic heterocycles. The van der Waals surface area contributed by atoms with E-state index in [2.05, 4.69) is 12.5 Å². The van der Waals surface area contributed by atoms with Gasteiger partial charge in [-0.25, -0.2) is 0 Å². The van der Waals surface area contributed by atoms with Gasteiger partial charge in [0.1, 0.15) is 0 Å². The van der Waals surface area contributed by atoms with E-state index >= 15 is 0 Å². The Morgan fingerprint density at radius 1 is 1.50 bits per heavy atom. The molecule has 0 atom stereocenters. The third kappa shape index (κ3) is 2.60. The number of hydrogen-bond acceptors (Lipinski definition) is 1. The number of carbonyl (C=O) groups is 1. The number of nitrogens with zero attached hydrogens (tertiary/aromatic N) is 1. The molecule has 1 heterocycles. The van der Waals surface area contributed by atoms with Crippen molar-refractivity contribution in [1.29, 1.82) is 0 Å². The van der Waals surface area contributed by atoms with E-state index in [0.717, 1.165) is 31.8 Å². The van der Waals surface area contributed by atoms with Gasteiger partial charge in [0, 0.05) is 20.0 Å². The molecule has 1 rings (SSSR count). The fraction of sp³-hybridized carbons (Fsp3) is 0.778. The lowest BCUT2D eigenvalue weighted by atomic mass is 9.99. The van der Waals surface area contributed by atoms with E-state index in [4.69, 9.17) is 0 Å². The molecule has 0 saturated carbocycles. The maximum atomic E-state index is 11.0. The van der Waals surface area contributed by atoms with Crippen molar-refractivity contribution in [2.24, 2.45) is 5.92 Å². The third-order valence-corrected chi connectivity index (χ3v) is 3.06. The van der Waals surface area contributed by atoms with Gasteiger partial charge in [0.05, 0.1) is 0 Å². The van der Waals surface area contributed by atoms with Crippen molar-refractivity contribution in [3.8, 4) is 0 Å². The van der Waals surface area contributed by atoms with Gasteiger partial charge in [-0.1, -0.05) is 5.80 Å². The standard InChI is InChI=1S/C9H16NOP/c1-8(11)10-5-3-9(4-6-10)7-12-2/h7,9H,3-6H2,1-2H3. The summed E-state index contributed by atoms with van der Waals surface area (Å²) in [5.74, 6) is 3.31. The number of carbonyl (C=O) groups excluding carboxylic acids is 1. The Bertz CT molecular complexity index is 183. The van der Waals surface area contributed by atoms with Crippen molar-refractivity contribution in [1.82, 2.24) is 4.90 Å². The molecular formula is C9H16NOP. The van der Waals surface area contributed by atoms with Crippen LogP contribution >= 0.6 is 8.20 Å². The zero-order valence-electron chi connectivity index (χ0n) is 7.79. The third-order valence-electron chi connectivity index (χ3n) is 2.34. The molecule has 1 aliphatic rings. The van der Waals surface area contributed by atoms with Crippen LogP contribution in [0.1, 0.15) is 19.8 Å². The fourth-order valence-electron chi connectivity index (χ4n) is 1.57. The quantitative estimate of drug-likeness (QED) is 0.568. The number of likely N-dealkylation sites (tertiary alicyclic amines) is 1. The second-order valence-corrected chi connectivity index (χ2v) is 4.07. The molecule has 3 heteroatoms. The average molecular weight is 185 g/mol. The van der Waals surface area contributed by atoms with Gasteiger partial charge in [0.25, 0.3) is 0 Å². The van der Waals surface area contributed by atoms with Crippen molar-refractivity contribution < 1.29 is 4.79 Å². The molecule has 12 heavy (non-hydrogen) atoms. The van der Waals surface area contributed by atoms with Crippen molar-refractivity contribution in [2.45, 2.75) is 19.8 Å². The highest BCUT2D eigenvalue weighted by atomic mass is 31.1. The van der Waals surface area contributed by atoms with Gasteiger partial charge in [-0.15, -0.1) is 8.20 Å². The lowest BCUT2D eigenvalue weighted by Gasteiger charge is -2.29. The topological polar surface area (TPSA) is 20.3 Å². The van der Waals surface area contributed by atoms with Crippen LogP contribution < -0.4 is 0 Å². The Morgan fingerprint density at radius 2 is 2.08 bits per heavy atom. The van der Waals surface area contributed by atoms with E-state index in [-0.39, 0.29) is 5.91 Å². The Kier molecular flexibility index (Phi) is 3.74. The first-order chi connectivity index (χ1) is 5.74. The van der Waals surface area contributed by atoms with E-state index in [1.165, 1.54) is 8.20 Å². The summed E-state index contributed by atoms with van der Waals surface area (Å²) >= 11 is 0. The van der Waals surface area contributed by atoms with E-state index in [1.54, 1.807) is 6.92 Å². The molecule has 0 N–H and O–H groups in total. The zero-order valence-corrected chi connectivity index (χ0v) is 8.68. The Morgan fingerprint density at radius 3 is 2.50 bits per heavy atom. The monoisotopic (exact) mass is 185 g/mol. The van der Waals surface area contributed by atoms with Crippen molar-refractivity contribution in [2.75, 3.05) is 19.8 Å². The minimum Gasteiger partial charge on any atom is -0.343 e. The van der Waals surface area contributed by atoms with E-state index < -0.39 is 0 Å². The summed E-state index contributed by atoms with van der Waals surface area (Å²) in [6.45, 7) is 5.71. The summed E-state index contributed by atoms with van der Waals surface area (Å²) in [7, 11) is 1.37. The SMILES string of the molecule is CP=CC1CCN(C(C)=O)CC1. The molecule has 0 unspecified atom stereocenters. The number of rotatable bonds is 1. The van der Waals surface area contributed by atoms with Gasteiger partial charge >= 0.3 is 0 Å². The number of amides is 1. The molecule has 1 fully saturated rings. The fourth-order valence-corrected chi connectivity index (χ4v) is 2.29. The highest BCUT2D eigenvalue weighted by Gasteiger charge is 2.18. The molecule has 2 nitrogen and oxygen atoms in total. The van der Waals surface area contributed by atoms with Gasteiger partial charge < -0.3 is 4.90 Å². The van der Waals surface area contributed by atoms with Crippen LogP contribution in [0.3, 0.4) is 0 Å². The van der Waals surface area contributed by atoms with Gasteiger partial charge in [-0.2, -0.15) is 0 Å². The van der Waals surface area contributed by atoms with E-state index in [1.807, 2.05) is 4.90 Å². The maximum absolute atomic E-state index is 11.0. The van der Waals surface area contributed by atoms with Crippen LogP contribution in [0.2, 0.25) is 0 Å². The van der Waals surface area contributed by atoms with Crippen molar-refractivity contribution >= 4 is 19.9 Å². The summed E-state index contributed by atoms with van der Waals surface area (Å²) in [6.07, 6.45) is 2.31. The average Bonchev–Trinajstić information content (AvgIpc) is 2.06. The Balaban J connectivity index is 2.34. The Labute approximate surface area is 75.7 Å². The van der Waals surface area contributed by atoms with Gasteiger partial charge in [0.15, 0.2) is 0 Å². The van der Waals surface area contributed by atoms with Crippen LogP contribution in [0.4, 0.5) is 0 Å². The van der Waals surface area contributed by atoms with Gasteiger partial charge in [0.2, 0.25) is 5.91 Å². The largest absolute Gasteiger partial charge is 0.343 e.